The van der Waals surface area contributed by atoms with Crippen LogP contribution in [-0.2, 0) is 0 Å². The van der Waals surface area contributed by atoms with Gasteiger partial charge in [0.1, 0.15) is 0 Å². The SMILES string of the molecule is CNCC1CCCN1C(C)c1ccc(C)s1. The summed E-state index contributed by atoms with van der Waals surface area (Å²) in [6, 6.07) is 5.83. The van der Waals surface area contributed by atoms with Gasteiger partial charge in [0.05, 0.1) is 0 Å². The van der Waals surface area contributed by atoms with Gasteiger partial charge in [-0.1, -0.05) is 0 Å². The molecular formula is C13H22N2S. The molecular weight excluding hydrogens is 216 g/mol. The minimum Gasteiger partial charge on any atom is -0.318 e. The van der Waals surface area contributed by atoms with Crippen molar-refractivity contribution >= 4 is 11.3 Å². The van der Waals surface area contributed by atoms with Crippen molar-refractivity contribution in [1.82, 2.24) is 10.2 Å². The minimum absolute atomic E-state index is 0.583. The molecule has 0 amide bonds. The van der Waals surface area contributed by atoms with Crippen molar-refractivity contribution < 1.29 is 0 Å². The first-order valence-corrected chi connectivity index (χ1v) is 7.00. The fourth-order valence-corrected chi connectivity index (χ4v) is 3.61. The van der Waals surface area contributed by atoms with Gasteiger partial charge in [0.2, 0.25) is 0 Å². The second-order valence-corrected chi connectivity index (χ2v) is 6.04. The lowest BCUT2D eigenvalue weighted by molar-refractivity contribution is 0.193. The summed E-state index contributed by atoms with van der Waals surface area (Å²) in [5.74, 6) is 0. The molecule has 1 aliphatic rings. The molecule has 90 valence electrons. The summed E-state index contributed by atoms with van der Waals surface area (Å²) in [7, 11) is 2.05. The molecule has 2 atom stereocenters. The predicted molar refractivity (Wildman–Crippen MR) is 71.1 cm³/mol. The van der Waals surface area contributed by atoms with Crippen molar-refractivity contribution in [2.45, 2.75) is 38.8 Å². The van der Waals surface area contributed by atoms with Crippen molar-refractivity contribution in [2.75, 3.05) is 20.1 Å². The maximum absolute atomic E-state index is 3.31. The van der Waals surface area contributed by atoms with Gasteiger partial charge in [-0.25, -0.2) is 0 Å². The Morgan fingerprint density at radius 2 is 2.38 bits per heavy atom. The fourth-order valence-electron chi connectivity index (χ4n) is 2.66. The molecule has 1 saturated heterocycles. The number of hydrogen-bond acceptors (Lipinski definition) is 3. The zero-order valence-electron chi connectivity index (χ0n) is 10.5. The zero-order chi connectivity index (χ0) is 11.5. The summed E-state index contributed by atoms with van der Waals surface area (Å²) in [4.78, 5) is 5.59. The molecule has 1 fully saturated rings. The molecule has 0 aromatic carbocycles. The third-order valence-electron chi connectivity index (χ3n) is 3.53. The van der Waals surface area contributed by atoms with E-state index in [1.807, 2.05) is 11.3 Å². The third-order valence-corrected chi connectivity index (χ3v) is 4.70. The lowest BCUT2D eigenvalue weighted by atomic mass is 10.1. The molecule has 0 spiro atoms. The topological polar surface area (TPSA) is 15.3 Å². The van der Waals surface area contributed by atoms with Crippen LogP contribution in [-0.4, -0.2) is 31.1 Å². The number of thiophene rings is 1. The Morgan fingerprint density at radius 3 is 3.00 bits per heavy atom. The number of nitrogens with one attached hydrogen (secondary N) is 1. The van der Waals surface area contributed by atoms with Gasteiger partial charge in [-0.15, -0.1) is 11.3 Å². The highest BCUT2D eigenvalue weighted by molar-refractivity contribution is 7.12. The van der Waals surface area contributed by atoms with Gasteiger partial charge in [0.25, 0.3) is 0 Å². The number of likely N-dealkylation sites (N-methyl/N-ethyl adjacent to an activating group) is 1. The van der Waals surface area contributed by atoms with E-state index in [4.69, 9.17) is 0 Å². The summed E-state index contributed by atoms with van der Waals surface area (Å²) in [5.41, 5.74) is 0. The quantitative estimate of drug-likeness (QED) is 0.868. The van der Waals surface area contributed by atoms with Crippen molar-refractivity contribution in [3.8, 4) is 0 Å². The van der Waals surface area contributed by atoms with Crippen LogP contribution in [0.3, 0.4) is 0 Å². The fraction of sp³-hybridized carbons (Fsp3) is 0.692. The number of rotatable bonds is 4. The Hall–Kier alpha value is -0.380. The largest absolute Gasteiger partial charge is 0.318 e. The van der Waals surface area contributed by atoms with Gasteiger partial charge in [-0.2, -0.15) is 0 Å². The van der Waals surface area contributed by atoms with Gasteiger partial charge < -0.3 is 5.32 Å². The Labute approximate surface area is 103 Å². The van der Waals surface area contributed by atoms with Gasteiger partial charge in [-0.05, 0) is 52.4 Å². The van der Waals surface area contributed by atoms with Crippen LogP contribution in [0.25, 0.3) is 0 Å². The minimum atomic E-state index is 0.583. The molecule has 2 nitrogen and oxygen atoms in total. The van der Waals surface area contributed by atoms with E-state index in [2.05, 4.69) is 43.2 Å². The van der Waals surface area contributed by atoms with E-state index in [-0.39, 0.29) is 0 Å². The number of aryl methyl sites for hydroxylation is 1. The second kappa shape index (κ2) is 5.30. The van der Waals surface area contributed by atoms with E-state index in [1.54, 1.807) is 0 Å². The van der Waals surface area contributed by atoms with Crippen LogP contribution in [0, 0.1) is 6.92 Å². The molecule has 0 bridgehead atoms. The van der Waals surface area contributed by atoms with Crippen LogP contribution < -0.4 is 5.32 Å². The highest BCUT2D eigenvalue weighted by atomic mass is 32.1. The molecule has 3 heteroatoms. The molecule has 2 rings (SSSR count). The van der Waals surface area contributed by atoms with Crippen LogP contribution in [0.5, 0.6) is 0 Å². The smallest absolute Gasteiger partial charge is 0.0416 e. The van der Waals surface area contributed by atoms with Gasteiger partial charge >= 0.3 is 0 Å². The molecule has 16 heavy (non-hydrogen) atoms. The van der Waals surface area contributed by atoms with E-state index in [9.17, 15) is 0 Å². The molecule has 1 aromatic rings. The van der Waals surface area contributed by atoms with Crippen molar-refractivity contribution in [1.29, 1.82) is 0 Å². The van der Waals surface area contributed by atoms with Crippen LogP contribution in [0.15, 0.2) is 12.1 Å². The maximum Gasteiger partial charge on any atom is 0.0416 e. The third kappa shape index (κ3) is 2.47. The summed E-state index contributed by atoms with van der Waals surface area (Å²) in [5, 5.41) is 3.31. The average Bonchev–Trinajstić information content (AvgIpc) is 2.87. The standard InChI is InChI=1S/C13H22N2S/c1-10-6-7-13(16-10)11(2)15-8-4-5-12(15)9-14-3/h6-7,11-12,14H,4-5,8-9H2,1-3H3. The van der Waals surface area contributed by atoms with E-state index < -0.39 is 0 Å². The van der Waals surface area contributed by atoms with E-state index in [0.717, 1.165) is 12.6 Å². The Balaban J connectivity index is 2.05. The molecule has 2 unspecified atom stereocenters. The van der Waals surface area contributed by atoms with Crippen LogP contribution in [0.1, 0.15) is 35.6 Å². The molecule has 0 radical (unpaired) electrons. The number of likely N-dealkylation sites (tertiary alicyclic amines) is 1. The molecule has 1 aliphatic heterocycles. The molecule has 1 aromatic heterocycles. The summed E-state index contributed by atoms with van der Waals surface area (Å²) >= 11 is 1.94. The summed E-state index contributed by atoms with van der Waals surface area (Å²) in [6.45, 7) is 6.91. The van der Waals surface area contributed by atoms with Crippen LogP contribution in [0.2, 0.25) is 0 Å². The Bertz CT molecular complexity index is 334. The first kappa shape index (κ1) is 12.1. The van der Waals surface area contributed by atoms with Crippen LogP contribution >= 0.6 is 11.3 Å². The average molecular weight is 238 g/mol. The monoisotopic (exact) mass is 238 g/mol. The number of nitrogens with zero attached hydrogens (tertiary/aromatic N) is 1. The lowest BCUT2D eigenvalue weighted by Gasteiger charge is -2.30. The predicted octanol–water partition coefficient (Wildman–Crippen LogP) is 2.80. The molecule has 2 heterocycles. The highest BCUT2D eigenvalue weighted by Crippen LogP contribution is 2.32. The first-order chi connectivity index (χ1) is 7.72. The van der Waals surface area contributed by atoms with Gasteiger partial charge in [0.15, 0.2) is 0 Å². The van der Waals surface area contributed by atoms with E-state index in [1.165, 1.54) is 29.1 Å². The second-order valence-electron chi connectivity index (χ2n) is 4.72. The molecule has 0 aliphatic carbocycles. The normalized spacial score (nSPS) is 23.8. The van der Waals surface area contributed by atoms with E-state index in [0.29, 0.717) is 6.04 Å². The Morgan fingerprint density at radius 1 is 1.56 bits per heavy atom. The van der Waals surface area contributed by atoms with Gasteiger partial charge in [-0.3, -0.25) is 4.90 Å². The van der Waals surface area contributed by atoms with Gasteiger partial charge in [0, 0.05) is 28.4 Å². The van der Waals surface area contributed by atoms with Crippen molar-refractivity contribution in [3.63, 3.8) is 0 Å². The summed E-state index contributed by atoms with van der Waals surface area (Å²) < 4.78 is 0. The summed E-state index contributed by atoms with van der Waals surface area (Å²) in [6.07, 6.45) is 2.69. The van der Waals surface area contributed by atoms with Crippen molar-refractivity contribution in [3.05, 3.63) is 21.9 Å². The zero-order valence-corrected chi connectivity index (χ0v) is 11.3. The first-order valence-electron chi connectivity index (χ1n) is 6.19. The number of hydrogen-bond donors (Lipinski definition) is 1. The highest BCUT2D eigenvalue weighted by Gasteiger charge is 2.28. The van der Waals surface area contributed by atoms with Crippen LogP contribution in [0.4, 0.5) is 0 Å². The molecule has 0 saturated carbocycles. The lowest BCUT2D eigenvalue weighted by Crippen LogP contribution is -2.38. The maximum atomic E-state index is 3.31. The van der Waals surface area contributed by atoms with E-state index >= 15 is 0 Å². The van der Waals surface area contributed by atoms with Crippen molar-refractivity contribution in [2.24, 2.45) is 0 Å². The Kier molecular flexibility index (Phi) is 4.00. The molecule has 1 N–H and O–H groups in total.